The number of esters is 1. The van der Waals surface area contributed by atoms with Crippen LogP contribution in [0.25, 0.3) is 10.9 Å². The van der Waals surface area contributed by atoms with Crippen LogP contribution in [0.3, 0.4) is 0 Å². The lowest BCUT2D eigenvalue weighted by molar-refractivity contribution is -0.149. The number of hydrogen-bond acceptors (Lipinski definition) is 4. The molecule has 5 heteroatoms. The van der Waals surface area contributed by atoms with Gasteiger partial charge in [-0.3, -0.25) is 14.6 Å². The third-order valence-electron chi connectivity index (χ3n) is 5.36. The predicted octanol–water partition coefficient (Wildman–Crippen LogP) is 3.53. The number of carbonyl (C=O) groups excluding carboxylic acids is 2. The first-order valence-corrected chi connectivity index (χ1v) is 9.53. The number of ether oxygens (including phenoxy) is 1. The predicted molar refractivity (Wildman–Crippen MR) is 99.0 cm³/mol. The molecule has 0 radical (unpaired) electrons. The first kappa shape index (κ1) is 17.0. The SMILES string of the molecule is CCOC(=O)C1CCN(C(=O)c2cc(C3CC3)nc3ccccc23)CC1. The minimum absolute atomic E-state index is 0.0489. The monoisotopic (exact) mass is 352 g/mol. The van der Waals surface area contributed by atoms with Crippen molar-refractivity contribution in [2.75, 3.05) is 19.7 Å². The van der Waals surface area contributed by atoms with Gasteiger partial charge in [0.2, 0.25) is 0 Å². The number of aromatic nitrogens is 1. The third-order valence-corrected chi connectivity index (χ3v) is 5.36. The van der Waals surface area contributed by atoms with E-state index in [9.17, 15) is 9.59 Å². The van der Waals surface area contributed by atoms with Gasteiger partial charge in [-0.2, -0.15) is 0 Å². The van der Waals surface area contributed by atoms with Gasteiger partial charge in [-0.25, -0.2) is 0 Å². The normalized spacial score (nSPS) is 18.1. The van der Waals surface area contributed by atoms with E-state index in [1.54, 1.807) is 0 Å². The molecule has 1 aromatic heterocycles. The first-order valence-electron chi connectivity index (χ1n) is 9.53. The minimum Gasteiger partial charge on any atom is -0.466 e. The summed E-state index contributed by atoms with van der Waals surface area (Å²) in [7, 11) is 0. The maximum atomic E-state index is 13.2. The van der Waals surface area contributed by atoms with Crippen molar-refractivity contribution in [1.82, 2.24) is 9.88 Å². The zero-order chi connectivity index (χ0) is 18.1. The lowest BCUT2D eigenvalue weighted by Crippen LogP contribution is -2.40. The number of likely N-dealkylation sites (tertiary alicyclic amines) is 1. The van der Waals surface area contributed by atoms with E-state index in [4.69, 9.17) is 9.72 Å². The number of benzene rings is 1. The number of piperidine rings is 1. The molecule has 1 aliphatic heterocycles. The molecule has 2 heterocycles. The molecule has 26 heavy (non-hydrogen) atoms. The van der Waals surface area contributed by atoms with Crippen LogP contribution in [-0.4, -0.2) is 41.5 Å². The van der Waals surface area contributed by atoms with Gasteiger partial charge < -0.3 is 9.64 Å². The van der Waals surface area contributed by atoms with Gasteiger partial charge in [0.1, 0.15) is 0 Å². The number of para-hydroxylation sites is 1. The van der Waals surface area contributed by atoms with Crippen LogP contribution in [0.5, 0.6) is 0 Å². The van der Waals surface area contributed by atoms with Crippen molar-refractivity contribution in [3.8, 4) is 0 Å². The molecule has 1 saturated heterocycles. The number of hydrogen-bond donors (Lipinski definition) is 0. The number of carbonyl (C=O) groups is 2. The molecule has 136 valence electrons. The van der Waals surface area contributed by atoms with Gasteiger partial charge in [-0.15, -0.1) is 0 Å². The van der Waals surface area contributed by atoms with Crippen molar-refractivity contribution >= 4 is 22.8 Å². The quantitative estimate of drug-likeness (QED) is 0.790. The van der Waals surface area contributed by atoms with E-state index in [1.807, 2.05) is 42.2 Å². The van der Waals surface area contributed by atoms with Crippen molar-refractivity contribution in [2.24, 2.45) is 5.92 Å². The highest BCUT2D eigenvalue weighted by Crippen LogP contribution is 2.40. The highest BCUT2D eigenvalue weighted by Gasteiger charge is 2.31. The average Bonchev–Trinajstić information content (AvgIpc) is 3.52. The largest absolute Gasteiger partial charge is 0.466 e. The smallest absolute Gasteiger partial charge is 0.309 e. The summed E-state index contributed by atoms with van der Waals surface area (Å²) < 4.78 is 5.12. The topological polar surface area (TPSA) is 59.5 Å². The van der Waals surface area contributed by atoms with Gasteiger partial charge in [0.15, 0.2) is 0 Å². The maximum Gasteiger partial charge on any atom is 0.309 e. The average molecular weight is 352 g/mol. The molecular weight excluding hydrogens is 328 g/mol. The number of pyridine rings is 1. The molecule has 2 aliphatic rings. The fourth-order valence-electron chi connectivity index (χ4n) is 3.71. The molecule has 0 bridgehead atoms. The molecular formula is C21H24N2O3. The van der Waals surface area contributed by atoms with Crippen LogP contribution >= 0.6 is 0 Å². The highest BCUT2D eigenvalue weighted by atomic mass is 16.5. The Morgan fingerprint density at radius 3 is 2.58 bits per heavy atom. The van der Waals surface area contributed by atoms with Crippen LogP contribution < -0.4 is 0 Å². The van der Waals surface area contributed by atoms with Gasteiger partial charge in [0.05, 0.1) is 23.6 Å². The van der Waals surface area contributed by atoms with Crippen LogP contribution in [0.4, 0.5) is 0 Å². The van der Waals surface area contributed by atoms with Crippen LogP contribution in [-0.2, 0) is 9.53 Å². The molecule has 1 aliphatic carbocycles. The van der Waals surface area contributed by atoms with Crippen molar-refractivity contribution in [2.45, 2.75) is 38.5 Å². The summed E-state index contributed by atoms with van der Waals surface area (Å²) in [6.45, 7) is 3.42. The Morgan fingerprint density at radius 2 is 1.88 bits per heavy atom. The molecule has 0 spiro atoms. The zero-order valence-electron chi connectivity index (χ0n) is 15.1. The van der Waals surface area contributed by atoms with Crippen molar-refractivity contribution < 1.29 is 14.3 Å². The van der Waals surface area contributed by atoms with Crippen LogP contribution in [0.15, 0.2) is 30.3 Å². The number of nitrogens with zero attached hydrogens (tertiary/aromatic N) is 2. The van der Waals surface area contributed by atoms with Gasteiger partial charge in [0, 0.05) is 30.1 Å². The Labute approximate surface area is 153 Å². The summed E-state index contributed by atoms with van der Waals surface area (Å²) >= 11 is 0. The summed E-state index contributed by atoms with van der Waals surface area (Å²) in [5.74, 6) is 0.328. The van der Waals surface area contributed by atoms with Gasteiger partial charge in [-0.05, 0) is 44.7 Å². The van der Waals surface area contributed by atoms with E-state index in [-0.39, 0.29) is 17.8 Å². The Hall–Kier alpha value is -2.43. The lowest BCUT2D eigenvalue weighted by atomic mass is 9.96. The number of fused-ring (bicyclic) bond motifs is 1. The maximum absolute atomic E-state index is 13.2. The second kappa shape index (κ2) is 7.06. The lowest BCUT2D eigenvalue weighted by Gasteiger charge is -2.31. The summed E-state index contributed by atoms with van der Waals surface area (Å²) in [5.41, 5.74) is 2.67. The van der Waals surface area contributed by atoms with E-state index in [2.05, 4.69) is 0 Å². The Morgan fingerprint density at radius 1 is 1.15 bits per heavy atom. The fraction of sp³-hybridized carbons (Fsp3) is 0.476. The van der Waals surface area contributed by atoms with Crippen LogP contribution in [0, 0.1) is 5.92 Å². The molecule has 5 nitrogen and oxygen atoms in total. The van der Waals surface area contributed by atoms with Crippen LogP contribution in [0.2, 0.25) is 0 Å². The van der Waals surface area contributed by atoms with E-state index < -0.39 is 0 Å². The second-order valence-electron chi connectivity index (χ2n) is 7.20. The first-order chi connectivity index (χ1) is 12.7. The fourth-order valence-corrected chi connectivity index (χ4v) is 3.71. The molecule has 2 aromatic rings. The molecule has 1 saturated carbocycles. The van der Waals surface area contributed by atoms with Crippen molar-refractivity contribution in [3.63, 3.8) is 0 Å². The Kier molecular flexibility index (Phi) is 4.62. The van der Waals surface area contributed by atoms with E-state index in [1.165, 1.54) is 0 Å². The summed E-state index contributed by atoms with van der Waals surface area (Å²) in [6.07, 6.45) is 3.65. The summed E-state index contributed by atoms with van der Waals surface area (Å²) in [4.78, 5) is 31.7. The molecule has 2 fully saturated rings. The molecule has 1 amide bonds. The molecule has 0 N–H and O–H groups in total. The number of amides is 1. The minimum atomic E-state index is -0.134. The highest BCUT2D eigenvalue weighted by molar-refractivity contribution is 6.06. The summed E-state index contributed by atoms with van der Waals surface area (Å²) in [6, 6.07) is 9.85. The van der Waals surface area contributed by atoms with Crippen molar-refractivity contribution in [1.29, 1.82) is 0 Å². The van der Waals surface area contributed by atoms with Gasteiger partial charge >= 0.3 is 5.97 Å². The van der Waals surface area contributed by atoms with E-state index >= 15 is 0 Å². The third kappa shape index (κ3) is 3.30. The van der Waals surface area contributed by atoms with E-state index in [0.29, 0.717) is 38.5 Å². The van der Waals surface area contributed by atoms with Crippen LogP contribution in [0.1, 0.15) is 54.6 Å². The molecule has 0 unspecified atom stereocenters. The molecule has 4 rings (SSSR count). The van der Waals surface area contributed by atoms with E-state index in [0.717, 1.165) is 35.0 Å². The standard InChI is InChI=1S/C21H24N2O3/c1-2-26-21(25)15-9-11-23(12-10-15)20(24)17-13-19(14-7-8-14)22-18-6-4-3-5-16(17)18/h3-6,13-15H,2,7-12H2,1H3. The molecule has 1 aromatic carbocycles. The van der Waals surface area contributed by atoms with Gasteiger partial charge in [-0.1, -0.05) is 18.2 Å². The summed E-state index contributed by atoms with van der Waals surface area (Å²) in [5, 5.41) is 0.911. The Balaban J connectivity index is 1.56. The Bertz CT molecular complexity index is 836. The second-order valence-corrected chi connectivity index (χ2v) is 7.20. The number of rotatable bonds is 4. The van der Waals surface area contributed by atoms with Crippen molar-refractivity contribution in [3.05, 3.63) is 41.6 Å². The van der Waals surface area contributed by atoms with Gasteiger partial charge in [0.25, 0.3) is 5.91 Å². The zero-order valence-corrected chi connectivity index (χ0v) is 15.1. The molecule has 0 atom stereocenters.